The van der Waals surface area contributed by atoms with E-state index in [0.29, 0.717) is 0 Å². The highest BCUT2D eigenvalue weighted by atomic mass is 14.8. The van der Waals surface area contributed by atoms with Gasteiger partial charge in [-0.3, -0.25) is 9.98 Å². The average Bonchev–Trinajstić information content (AvgIpc) is 2.98. The Balaban J connectivity index is 1.62. The summed E-state index contributed by atoms with van der Waals surface area (Å²) in [5.74, 6) is 0. The van der Waals surface area contributed by atoms with Crippen molar-refractivity contribution in [3.63, 3.8) is 0 Å². The predicted octanol–water partition coefficient (Wildman–Crippen LogP) is 11.6. The van der Waals surface area contributed by atoms with Gasteiger partial charge in [-0.2, -0.15) is 0 Å². The summed E-state index contributed by atoms with van der Waals surface area (Å²) in [6, 6.07) is 30.5. The number of benzene rings is 4. The largest absolute Gasteiger partial charge is 0.255 e. The molecular formula is C39H46N2. The Morgan fingerprint density at radius 1 is 0.610 bits per heavy atom. The van der Waals surface area contributed by atoms with Crippen molar-refractivity contribution in [2.45, 2.75) is 86.0 Å². The van der Waals surface area contributed by atoms with Gasteiger partial charge in [0.25, 0.3) is 0 Å². The molecule has 0 atom stereocenters. The molecule has 4 rings (SSSR count). The molecule has 0 bridgehead atoms. The van der Waals surface area contributed by atoms with Crippen LogP contribution in [0.15, 0.2) is 94.9 Å². The molecule has 4 aromatic carbocycles. The van der Waals surface area contributed by atoms with Gasteiger partial charge in [-0.15, -0.1) is 0 Å². The van der Waals surface area contributed by atoms with Crippen LogP contribution >= 0.6 is 0 Å². The quantitative estimate of drug-likeness (QED) is 0.119. The van der Waals surface area contributed by atoms with Gasteiger partial charge in [-0.1, -0.05) is 100 Å². The standard InChI is InChI=1S/C39H46N2/c1-6-8-10-13-23-35-26-36(24-29(3)38(35)32-19-14-11-15-20-32)40-28-31(5)41-37-25-30(4)39(33-21-16-12-17-22-33)34(27-37)18-9-7-2/h11-12,14-17,19-22,24-28H,6-10,13,18,23H2,1-5H3. The monoisotopic (exact) mass is 542 g/mol. The lowest BCUT2D eigenvalue weighted by Crippen LogP contribution is -1.97. The third-order valence-corrected chi connectivity index (χ3v) is 7.73. The van der Waals surface area contributed by atoms with Crippen LogP contribution < -0.4 is 0 Å². The van der Waals surface area contributed by atoms with E-state index in [9.17, 15) is 0 Å². The lowest BCUT2D eigenvalue weighted by Gasteiger charge is -2.15. The zero-order chi connectivity index (χ0) is 29.0. The lowest BCUT2D eigenvalue weighted by atomic mass is 9.91. The van der Waals surface area contributed by atoms with Crippen molar-refractivity contribution in [2.24, 2.45) is 9.98 Å². The normalized spacial score (nSPS) is 11.9. The Morgan fingerprint density at radius 3 is 1.68 bits per heavy atom. The maximum atomic E-state index is 4.99. The van der Waals surface area contributed by atoms with Crippen LogP contribution in [0.5, 0.6) is 0 Å². The maximum absolute atomic E-state index is 4.99. The molecule has 0 amide bonds. The lowest BCUT2D eigenvalue weighted by molar-refractivity contribution is 0.667. The van der Waals surface area contributed by atoms with Crippen molar-refractivity contribution in [1.29, 1.82) is 0 Å². The Bertz CT molecular complexity index is 1460. The molecule has 0 aliphatic rings. The van der Waals surface area contributed by atoms with E-state index in [1.54, 1.807) is 0 Å². The molecule has 0 saturated carbocycles. The number of nitrogens with zero attached hydrogens (tertiary/aromatic N) is 2. The predicted molar refractivity (Wildman–Crippen MR) is 181 cm³/mol. The van der Waals surface area contributed by atoms with Gasteiger partial charge >= 0.3 is 0 Å². The topological polar surface area (TPSA) is 24.7 Å². The highest BCUT2D eigenvalue weighted by molar-refractivity contribution is 6.30. The molecule has 0 saturated heterocycles. The Hall–Kier alpha value is -3.78. The number of hydrogen-bond donors (Lipinski definition) is 0. The zero-order valence-electron chi connectivity index (χ0n) is 25.7. The molecule has 0 aliphatic carbocycles. The number of hydrogen-bond acceptors (Lipinski definition) is 2. The van der Waals surface area contributed by atoms with Crippen molar-refractivity contribution in [2.75, 3.05) is 0 Å². The van der Waals surface area contributed by atoms with Crippen LogP contribution in [0.4, 0.5) is 11.4 Å². The van der Waals surface area contributed by atoms with Crippen LogP contribution in [-0.4, -0.2) is 11.9 Å². The molecule has 4 aromatic rings. The average molecular weight is 543 g/mol. The van der Waals surface area contributed by atoms with E-state index in [-0.39, 0.29) is 0 Å². The maximum Gasteiger partial charge on any atom is 0.0639 e. The van der Waals surface area contributed by atoms with Crippen molar-refractivity contribution in [3.8, 4) is 22.3 Å². The molecule has 2 heteroatoms. The van der Waals surface area contributed by atoms with E-state index in [1.165, 1.54) is 83.0 Å². The molecule has 0 aromatic heterocycles. The summed E-state index contributed by atoms with van der Waals surface area (Å²) in [6.45, 7) is 11.0. The number of aliphatic imine (C=N–C) groups is 2. The van der Waals surface area contributed by atoms with Gasteiger partial charge in [-0.25, -0.2) is 0 Å². The summed E-state index contributed by atoms with van der Waals surface area (Å²) in [6.07, 6.45) is 11.4. The van der Waals surface area contributed by atoms with Crippen LogP contribution in [0.2, 0.25) is 0 Å². The highest BCUT2D eigenvalue weighted by Crippen LogP contribution is 2.34. The number of aryl methyl sites for hydroxylation is 4. The first-order chi connectivity index (χ1) is 20.0. The third-order valence-electron chi connectivity index (χ3n) is 7.73. The molecule has 2 nitrogen and oxygen atoms in total. The van der Waals surface area contributed by atoms with Gasteiger partial charge in [0.2, 0.25) is 0 Å². The smallest absolute Gasteiger partial charge is 0.0639 e. The third kappa shape index (κ3) is 8.36. The highest BCUT2D eigenvalue weighted by Gasteiger charge is 2.12. The Morgan fingerprint density at radius 2 is 1.12 bits per heavy atom. The molecule has 0 fully saturated rings. The first-order valence-electron chi connectivity index (χ1n) is 15.5. The summed E-state index contributed by atoms with van der Waals surface area (Å²) in [5, 5.41) is 0. The van der Waals surface area contributed by atoms with Crippen molar-refractivity contribution < 1.29 is 0 Å². The fraction of sp³-hybridized carbons (Fsp3) is 0.333. The van der Waals surface area contributed by atoms with Gasteiger partial charge in [0.05, 0.1) is 17.1 Å². The molecule has 212 valence electrons. The molecular weight excluding hydrogens is 496 g/mol. The first-order valence-corrected chi connectivity index (χ1v) is 15.5. The van der Waals surface area contributed by atoms with E-state index in [1.807, 2.05) is 13.1 Å². The molecule has 0 aliphatic heterocycles. The van der Waals surface area contributed by atoms with E-state index >= 15 is 0 Å². The summed E-state index contributed by atoms with van der Waals surface area (Å²) in [7, 11) is 0. The Labute approximate surface area is 248 Å². The summed E-state index contributed by atoms with van der Waals surface area (Å²) in [5.41, 5.74) is 13.5. The minimum atomic E-state index is 0.910. The van der Waals surface area contributed by atoms with Gasteiger partial charge in [0.1, 0.15) is 0 Å². The molecule has 0 unspecified atom stereocenters. The second kappa shape index (κ2) is 15.3. The minimum Gasteiger partial charge on any atom is -0.255 e. The van der Waals surface area contributed by atoms with Gasteiger partial charge in [-0.05, 0) is 115 Å². The zero-order valence-corrected chi connectivity index (χ0v) is 25.7. The van der Waals surface area contributed by atoms with Crippen molar-refractivity contribution >= 4 is 23.3 Å². The van der Waals surface area contributed by atoms with Crippen LogP contribution in [0.1, 0.15) is 81.5 Å². The van der Waals surface area contributed by atoms with E-state index in [0.717, 1.165) is 29.9 Å². The van der Waals surface area contributed by atoms with Crippen LogP contribution in [0.3, 0.4) is 0 Å². The molecule has 0 spiro atoms. The summed E-state index contributed by atoms with van der Waals surface area (Å²) in [4.78, 5) is 9.89. The Kier molecular flexibility index (Phi) is 11.3. The van der Waals surface area contributed by atoms with Gasteiger partial charge < -0.3 is 0 Å². The van der Waals surface area contributed by atoms with E-state index < -0.39 is 0 Å². The second-order valence-electron chi connectivity index (χ2n) is 11.3. The van der Waals surface area contributed by atoms with Crippen LogP contribution in [0, 0.1) is 13.8 Å². The molecule has 0 radical (unpaired) electrons. The SMILES string of the molecule is CCCCCCc1cc(N=CC(C)=Nc2cc(C)c(-c3ccccc3)c(CCCC)c2)cc(C)c1-c1ccccc1. The van der Waals surface area contributed by atoms with Gasteiger partial charge in [0.15, 0.2) is 0 Å². The van der Waals surface area contributed by atoms with Crippen LogP contribution in [0.25, 0.3) is 22.3 Å². The van der Waals surface area contributed by atoms with E-state index in [4.69, 9.17) is 9.98 Å². The summed E-state index contributed by atoms with van der Waals surface area (Å²) < 4.78 is 0. The summed E-state index contributed by atoms with van der Waals surface area (Å²) >= 11 is 0. The van der Waals surface area contributed by atoms with Crippen molar-refractivity contribution in [1.82, 2.24) is 0 Å². The molecule has 0 N–H and O–H groups in total. The van der Waals surface area contributed by atoms with Crippen LogP contribution in [-0.2, 0) is 12.8 Å². The fourth-order valence-electron chi connectivity index (χ4n) is 5.76. The van der Waals surface area contributed by atoms with Crippen molar-refractivity contribution in [3.05, 3.63) is 107 Å². The fourth-order valence-corrected chi connectivity index (χ4v) is 5.76. The second-order valence-corrected chi connectivity index (χ2v) is 11.3. The van der Waals surface area contributed by atoms with Gasteiger partial charge in [0, 0.05) is 6.21 Å². The molecule has 0 heterocycles. The first kappa shape index (κ1) is 30.2. The molecule has 41 heavy (non-hydrogen) atoms. The minimum absolute atomic E-state index is 0.910. The van der Waals surface area contributed by atoms with E-state index in [2.05, 4.69) is 113 Å². The number of unbranched alkanes of at least 4 members (excludes halogenated alkanes) is 4. The number of rotatable bonds is 13.